The minimum Gasteiger partial charge on any atom is -0.365 e. The number of fused-ring (bicyclic) bond motifs is 1. The minimum atomic E-state index is 0.176. The van der Waals surface area contributed by atoms with E-state index < -0.39 is 0 Å². The molecule has 25 heavy (non-hydrogen) atoms. The average molecular weight is 336 g/mol. The second-order valence-corrected chi connectivity index (χ2v) is 6.40. The van der Waals surface area contributed by atoms with Gasteiger partial charge in [0.15, 0.2) is 17.0 Å². The van der Waals surface area contributed by atoms with Gasteiger partial charge in [0.2, 0.25) is 5.82 Å². The predicted octanol–water partition coefficient (Wildman–Crippen LogP) is 2.34. The minimum absolute atomic E-state index is 0.176. The smallest absolute Gasteiger partial charge is 0.236 e. The van der Waals surface area contributed by atoms with E-state index in [1.807, 2.05) is 15.3 Å². The van der Waals surface area contributed by atoms with Crippen LogP contribution >= 0.6 is 0 Å². The summed E-state index contributed by atoms with van der Waals surface area (Å²) in [7, 11) is 0. The Bertz CT molecular complexity index is 883. The van der Waals surface area contributed by atoms with E-state index in [0.29, 0.717) is 24.1 Å². The zero-order chi connectivity index (χ0) is 17.1. The van der Waals surface area contributed by atoms with Crippen molar-refractivity contribution in [1.82, 2.24) is 29.1 Å². The van der Waals surface area contributed by atoms with Crippen LogP contribution in [0.1, 0.15) is 37.9 Å². The summed E-state index contributed by atoms with van der Waals surface area (Å²) in [6, 6.07) is 2.46. The van der Waals surface area contributed by atoms with Crippen molar-refractivity contribution >= 4 is 17.0 Å². The normalized spacial score (nSPS) is 15.3. The molecule has 3 aromatic rings. The summed E-state index contributed by atoms with van der Waals surface area (Å²) >= 11 is 0. The fourth-order valence-electron chi connectivity index (χ4n) is 3.34. The lowest BCUT2D eigenvalue weighted by Gasteiger charge is -2.23. The van der Waals surface area contributed by atoms with Crippen molar-refractivity contribution in [3.63, 3.8) is 0 Å². The third-order valence-electron chi connectivity index (χ3n) is 4.67. The number of imidazole rings is 2. The second-order valence-electron chi connectivity index (χ2n) is 6.40. The van der Waals surface area contributed by atoms with Crippen LogP contribution in [0.2, 0.25) is 0 Å². The van der Waals surface area contributed by atoms with E-state index in [1.54, 1.807) is 18.9 Å². The first-order valence-electron chi connectivity index (χ1n) is 8.69. The summed E-state index contributed by atoms with van der Waals surface area (Å²) in [6.45, 7) is 1.47. The van der Waals surface area contributed by atoms with Crippen LogP contribution in [0.25, 0.3) is 11.2 Å². The van der Waals surface area contributed by atoms with Gasteiger partial charge in [0.1, 0.15) is 6.07 Å². The van der Waals surface area contributed by atoms with Crippen molar-refractivity contribution in [3.8, 4) is 6.07 Å². The van der Waals surface area contributed by atoms with Gasteiger partial charge in [-0.15, -0.1) is 0 Å². The van der Waals surface area contributed by atoms with Crippen molar-refractivity contribution in [2.24, 2.45) is 0 Å². The highest BCUT2D eigenvalue weighted by molar-refractivity contribution is 5.83. The Morgan fingerprint density at radius 3 is 2.80 bits per heavy atom. The van der Waals surface area contributed by atoms with Crippen molar-refractivity contribution < 1.29 is 0 Å². The number of anilines is 1. The van der Waals surface area contributed by atoms with Crippen LogP contribution in [0, 0.1) is 11.3 Å². The molecule has 0 atom stereocenters. The van der Waals surface area contributed by atoms with Crippen molar-refractivity contribution in [3.05, 3.63) is 30.9 Å². The Balaban J connectivity index is 1.62. The zero-order valence-corrected chi connectivity index (χ0v) is 14.0. The molecule has 1 N–H and O–H groups in total. The monoisotopic (exact) mass is 336 g/mol. The number of aryl methyl sites for hydroxylation is 2. The molecular formula is C17H20N8. The highest BCUT2D eigenvalue weighted by Gasteiger charge is 2.18. The SMILES string of the molecule is N#Cc1nc(NC2CCCCC2)c2ncn(CCn3ccnc3)c2n1. The maximum Gasteiger partial charge on any atom is 0.236 e. The lowest BCUT2D eigenvalue weighted by Crippen LogP contribution is -2.23. The van der Waals surface area contributed by atoms with Crippen LogP contribution in [-0.2, 0) is 13.1 Å². The van der Waals surface area contributed by atoms with Crippen LogP contribution in [0.15, 0.2) is 25.0 Å². The van der Waals surface area contributed by atoms with E-state index in [1.165, 1.54) is 19.3 Å². The van der Waals surface area contributed by atoms with Gasteiger partial charge in [-0.1, -0.05) is 19.3 Å². The molecular weight excluding hydrogens is 316 g/mol. The Morgan fingerprint density at radius 1 is 1.16 bits per heavy atom. The molecule has 1 aliphatic rings. The molecule has 8 heteroatoms. The molecule has 128 valence electrons. The van der Waals surface area contributed by atoms with Gasteiger partial charge in [-0.05, 0) is 12.8 Å². The molecule has 0 radical (unpaired) electrons. The standard InChI is InChI=1S/C17H20N8/c18-10-14-22-16(21-13-4-2-1-3-5-13)15-17(23-14)25(12-20-15)9-8-24-7-6-19-11-24/h6-7,11-13H,1-5,8-9H2,(H,21,22,23). The van der Waals surface area contributed by atoms with Gasteiger partial charge >= 0.3 is 0 Å². The molecule has 3 heterocycles. The maximum absolute atomic E-state index is 9.29. The van der Waals surface area contributed by atoms with Crippen LogP contribution in [0.4, 0.5) is 5.82 Å². The number of hydrogen-bond donors (Lipinski definition) is 1. The number of aromatic nitrogens is 6. The zero-order valence-electron chi connectivity index (χ0n) is 14.0. The third kappa shape index (κ3) is 3.31. The summed E-state index contributed by atoms with van der Waals surface area (Å²) in [5.74, 6) is 0.852. The van der Waals surface area contributed by atoms with E-state index in [0.717, 1.165) is 24.9 Å². The Labute approximate surface area is 145 Å². The van der Waals surface area contributed by atoms with Crippen LogP contribution in [-0.4, -0.2) is 35.1 Å². The summed E-state index contributed by atoms with van der Waals surface area (Å²) in [5, 5.41) is 12.8. The summed E-state index contributed by atoms with van der Waals surface area (Å²) in [6.07, 6.45) is 13.3. The lowest BCUT2D eigenvalue weighted by atomic mass is 9.95. The van der Waals surface area contributed by atoms with E-state index >= 15 is 0 Å². The molecule has 1 aliphatic carbocycles. The van der Waals surface area contributed by atoms with Crippen molar-refractivity contribution in [2.45, 2.75) is 51.2 Å². The number of nitriles is 1. The Kier molecular flexibility index (Phi) is 4.29. The molecule has 0 spiro atoms. The van der Waals surface area contributed by atoms with Gasteiger partial charge in [0, 0.05) is 31.5 Å². The number of nitrogens with zero attached hydrogens (tertiary/aromatic N) is 7. The summed E-state index contributed by atoms with van der Waals surface area (Å²) in [5.41, 5.74) is 1.43. The fraction of sp³-hybridized carbons (Fsp3) is 0.471. The van der Waals surface area contributed by atoms with Gasteiger partial charge in [-0.2, -0.15) is 15.2 Å². The first-order valence-corrected chi connectivity index (χ1v) is 8.69. The van der Waals surface area contributed by atoms with Gasteiger partial charge in [0.25, 0.3) is 0 Å². The predicted molar refractivity (Wildman–Crippen MR) is 92.8 cm³/mol. The third-order valence-corrected chi connectivity index (χ3v) is 4.67. The van der Waals surface area contributed by atoms with Gasteiger partial charge in [0.05, 0.1) is 12.7 Å². The molecule has 0 aliphatic heterocycles. The largest absolute Gasteiger partial charge is 0.365 e. The van der Waals surface area contributed by atoms with E-state index in [9.17, 15) is 5.26 Å². The van der Waals surface area contributed by atoms with E-state index in [-0.39, 0.29) is 5.82 Å². The molecule has 1 saturated carbocycles. The Morgan fingerprint density at radius 2 is 2.04 bits per heavy atom. The molecule has 0 unspecified atom stereocenters. The van der Waals surface area contributed by atoms with Crippen LogP contribution < -0.4 is 5.32 Å². The topological polar surface area (TPSA) is 97.2 Å². The summed E-state index contributed by atoms with van der Waals surface area (Å²) in [4.78, 5) is 17.3. The quantitative estimate of drug-likeness (QED) is 0.768. The van der Waals surface area contributed by atoms with Crippen LogP contribution in [0.3, 0.4) is 0 Å². The number of hydrogen-bond acceptors (Lipinski definition) is 6. The van der Waals surface area contributed by atoms with E-state index in [2.05, 4.69) is 31.3 Å². The van der Waals surface area contributed by atoms with Crippen molar-refractivity contribution in [2.75, 3.05) is 5.32 Å². The molecule has 0 bridgehead atoms. The molecule has 1 fully saturated rings. The number of nitrogens with one attached hydrogen (secondary N) is 1. The molecule has 0 amide bonds. The Hall–Kier alpha value is -2.95. The highest BCUT2D eigenvalue weighted by Crippen LogP contribution is 2.24. The maximum atomic E-state index is 9.29. The average Bonchev–Trinajstić information content (AvgIpc) is 3.30. The van der Waals surface area contributed by atoms with Gasteiger partial charge in [-0.25, -0.2) is 9.97 Å². The van der Waals surface area contributed by atoms with E-state index in [4.69, 9.17) is 0 Å². The molecule has 4 rings (SSSR count). The molecule has 3 aromatic heterocycles. The van der Waals surface area contributed by atoms with Gasteiger partial charge < -0.3 is 14.5 Å². The first-order chi connectivity index (χ1) is 12.3. The highest BCUT2D eigenvalue weighted by atomic mass is 15.2. The first kappa shape index (κ1) is 15.6. The lowest BCUT2D eigenvalue weighted by molar-refractivity contribution is 0.462. The van der Waals surface area contributed by atoms with Gasteiger partial charge in [-0.3, -0.25) is 0 Å². The number of rotatable bonds is 5. The molecule has 0 aromatic carbocycles. The molecule has 0 saturated heterocycles. The van der Waals surface area contributed by atoms with Crippen molar-refractivity contribution in [1.29, 1.82) is 5.26 Å². The second kappa shape index (κ2) is 6.89. The fourth-order valence-corrected chi connectivity index (χ4v) is 3.34. The summed E-state index contributed by atoms with van der Waals surface area (Å²) < 4.78 is 3.96. The van der Waals surface area contributed by atoms with Crippen LogP contribution in [0.5, 0.6) is 0 Å². The molecule has 8 nitrogen and oxygen atoms in total.